The van der Waals surface area contributed by atoms with Crippen molar-refractivity contribution in [1.29, 1.82) is 0 Å². The van der Waals surface area contributed by atoms with Gasteiger partial charge in [0.2, 0.25) is 0 Å². The van der Waals surface area contributed by atoms with Crippen LogP contribution in [0.1, 0.15) is 40.0 Å². The van der Waals surface area contributed by atoms with Gasteiger partial charge in [0.1, 0.15) is 0 Å². The Kier molecular flexibility index (Phi) is 5.49. The van der Waals surface area contributed by atoms with Crippen LogP contribution in [0.15, 0.2) is 0 Å². The van der Waals surface area contributed by atoms with E-state index in [1.807, 2.05) is 0 Å². The van der Waals surface area contributed by atoms with Gasteiger partial charge in [-0.25, -0.2) is 0 Å². The molecule has 0 spiro atoms. The summed E-state index contributed by atoms with van der Waals surface area (Å²) in [5.74, 6) is 0.814. The predicted octanol–water partition coefficient (Wildman–Crippen LogP) is 2.53. The van der Waals surface area contributed by atoms with Crippen molar-refractivity contribution in [2.45, 2.75) is 46.1 Å². The van der Waals surface area contributed by atoms with E-state index in [0.29, 0.717) is 6.10 Å². The molecule has 14 heavy (non-hydrogen) atoms. The number of likely N-dealkylation sites (N-methyl/N-ethyl adjacent to an activating group) is 1. The third-order valence-electron chi connectivity index (χ3n) is 2.96. The van der Waals surface area contributed by atoms with Gasteiger partial charge in [0, 0.05) is 19.7 Å². The highest BCUT2D eigenvalue weighted by atomic mass is 16.5. The highest BCUT2D eigenvalue weighted by Crippen LogP contribution is 2.13. The minimum absolute atomic E-state index is 0.516. The topological polar surface area (TPSA) is 12.5 Å². The summed E-state index contributed by atoms with van der Waals surface area (Å²) in [7, 11) is 0. The maximum Gasteiger partial charge on any atom is 0.0714 e. The van der Waals surface area contributed by atoms with Crippen molar-refractivity contribution in [3.05, 3.63) is 0 Å². The Labute approximate surface area is 88.6 Å². The van der Waals surface area contributed by atoms with Gasteiger partial charge in [0.15, 0.2) is 0 Å². The van der Waals surface area contributed by atoms with Crippen molar-refractivity contribution >= 4 is 0 Å². The summed E-state index contributed by atoms with van der Waals surface area (Å²) in [5, 5.41) is 0. The molecule has 1 saturated heterocycles. The molecule has 1 fully saturated rings. The Morgan fingerprint density at radius 2 is 2.21 bits per heavy atom. The highest BCUT2D eigenvalue weighted by molar-refractivity contribution is 4.74. The van der Waals surface area contributed by atoms with E-state index in [1.54, 1.807) is 0 Å². The summed E-state index contributed by atoms with van der Waals surface area (Å²) in [4.78, 5) is 2.47. The van der Waals surface area contributed by atoms with Crippen LogP contribution in [0.3, 0.4) is 0 Å². The molecule has 0 N–H and O–H groups in total. The number of nitrogens with zero attached hydrogens (tertiary/aromatic N) is 1. The maximum atomic E-state index is 5.84. The number of hydrogen-bond acceptors (Lipinski definition) is 2. The summed E-state index contributed by atoms with van der Waals surface area (Å²) in [5.41, 5.74) is 0. The third-order valence-corrected chi connectivity index (χ3v) is 2.96. The molecule has 0 unspecified atom stereocenters. The second-order valence-corrected chi connectivity index (χ2v) is 4.71. The molecule has 0 aromatic rings. The molecule has 84 valence electrons. The fourth-order valence-corrected chi connectivity index (χ4v) is 1.96. The van der Waals surface area contributed by atoms with E-state index in [4.69, 9.17) is 4.74 Å². The lowest BCUT2D eigenvalue weighted by atomic mass is 10.1. The number of ether oxygens (including phenoxy) is 1. The minimum Gasteiger partial charge on any atom is -0.377 e. The van der Waals surface area contributed by atoms with Crippen LogP contribution in [0.4, 0.5) is 0 Å². The van der Waals surface area contributed by atoms with Crippen molar-refractivity contribution in [3.8, 4) is 0 Å². The average molecular weight is 199 g/mol. The smallest absolute Gasteiger partial charge is 0.0714 e. The van der Waals surface area contributed by atoms with Gasteiger partial charge in [-0.3, -0.25) is 0 Å². The van der Waals surface area contributed by atoms with Crippen LogP contribution in [0.2, 0.25) is 0 Å². The molecule has 2 heteroatoms. The summed E-state index contributed by atoms with van der Waals surface area (Å²) in [6.07, 6.45) is 4.27. The molecular formula is C12H25NO. The van der Waals surface area contributed by atoms with Gasteiger partial charge >= 0.3 is 0 Å². The molecule has 0 radical (unpaired) electrons. The lowest BCUT2D eigenvalue weighted by Crippen LogP contribution is -2.23. The highest BCUT2D eigenvalue weighted by Gasteiger charge is 2.20. The molecule has 1 aliphatic heterocycles. The lowest BCUT2D eigenvalue weighted by Gasteiger charge is -2.14. The van der Waals surface area contributed by atoms with Gasteiger partial charge in [0.25, 0.3) is 0 Å². The van der Waals surface area contributed by atoms with Gasteiger partial charge < -0.3 is 9.64 Å². The fraction of sp³-hybridized carbons (Fsp3) is 1.00. The first-order chi connectivity index (χ1) is 6.72. The van der Waals surface area contributed by atoms with Crippen LogP contribution in [0, 0.1) is 5.92 Å². The molecule has 2 nitrogen and oxygen atoms in total. The molecule has 0 saturated carbocycles. The van der Waals surface area contributed by atoms with Crippen LogP contribution < -0.4 is 0 Å². The first-order valence-electron chi connectivity index (χ1n) is 6.06. The lowest BCUT2D eigenvalue weighted by molar-refractivity contribution is 0.0556. The van der Waals surface area contributed by atoms with Crippen molar-refractivity contribution in [3.63, 3.8) is 0 Å². The van der Waals surface area contributed by atoms with Crippen LogP contribution >= 0.6 is 0 Å². The Balaban J connectivity index is 1.97. The summed E-state index contributed by atoms with van der Waals surface area (Å²) >= 11 is 0. The Morgan fingerprint density at radius 1 is 1.43 bits per heavy atom. The molecule has 0 amide bonds. The van der Waals surface area contributed by atoms with Gasteiger partial charge in [-0.1, -0.05) is 20.8 Å². The van der Waals surface area contributed by atoms with Gasteiger partial charge in [0.05, 0.1) is 6.10 Å². The zero-order chi connectivity index (χ0) is 10.4. The molecular weight excluding hydrogens is 174 g/mol. The molecule has 0 aromatic carbocycles. The zero-order valence-electron chi connectivity index (χ0n) is 9.96. The summed E-state index contributed by atoms with van der Waals surface area (Å²) in [6.45, 7) is 11.3. The minimum atomic E-state index is 0.516. The van der Waals surface area contributed by atoms with Gasteiger partial charge in [-0.05, 0) is 31.7 Å². The molecule has 1 atom stereocenters. The standard InChI is InChI=1S/C12H25NO/c1-4-13-8-7-12(10-13)14-9-5-6-11(2)3/h11-12H,4-10H2,1-3H3/t12-/m1/s1. The third kappa shape index (κ3) is 4.43. The first-order valence-corrected chi connectivity index (χ1v) is 6.06. The van der Waals surface area contributed by atoms with E-state index in [1.165, 1.54) is 32.4 Å². The van der Waals surface area contributed by atoms with Crippen molar-refractivity contribution in [2.75, 3.05) is 26.2 Å². The Morgan fingerprint density at radius 3 is 2.79 bits per heavy atom. The van der Waals surface area contributed by atoms with E-state index < -0.39 is 0 Å². The van der Waals surface area contributed by atoms with Crippen molar-refractivity contribution in [1.82, 2.24) is 4.90 Å². The molecule has 0 aliphatic carbocycles. The second-order valence-electron chi connectivity index (χ2n) is 4.71. The van der Waals surface area contributed by atoms with Crippen LogP contribution in [0.25, 0.3) is 0 Å². The monoisotopic (exact) mass is 199 g/mol. The van der Waals surface area contributed by atoms with Crippen molar-refractivity contribution in [2.24, 2.45) is 5.92 Å². The van der Waals surface area contributed by atoms with E-state index >= 15 is 0 Å². The molecule has 0 bridgehead atoms. The van der Waals surface area contributed by atoms with E-state index in [0.717, 1.165) is 19.1 Å². The molecule has 1 aliphatic rings. The van der Waals surface area contributed by atoms with Crippen LogP contribution in [-0.4, -0.2) is 37.2 Å². The zero-order valence-corrected chi connectivity index (χ0v) is 9.96. The predicted molar refractivity (Wildman–Crippen MR) is 60.5 cm³/mol. The Bertz CT molecular complexity index is 147. The number of hydrogen-bond donors (Lipinski definition) is 0. The van der Waals surface area contributed by atoms with E-state index in [2.05, 4.69) is 25.7 Å². The molecule has 1 heterocycles. The molecule has 0 aromatic heterocycles. The van der Waals surface area contributed by atoms with Crippen LogP contribution in [-0.2, 0) is 4.74 Å². The van der Waals surface area contributed by atoms with Gasteiger partial charge in [-0.15, -0.1) is 0 Å². The quantitative estimate of drug-likeness (QED) is 0.610. The van der Waals surface area contributed by atoms with Gasteiger partial charge in [-0.2, -0.15) is 0 Å². The molecule has 1 rings (SSSR count). The first kappa shape index (κ1) is 12.0. The van der Waals surface area contributed by atoms with E-state index in [9.17, 15) is 0 Å². The largest absolute Gasteiger partial charge is 0.377 e. The SMILES string of the molecule is CCN1CC[C@@H](OCCCC(C)C)C1. The second kappa shape index (κ2) is 6.41. The maximum absolute atomic E-state index is 5.84. The summed E-state index contributed by atoms with van der Waals surface area (Å²) < 4.78 is 5.84. The van der Waals surface area contributed by atoms with E-state index in [-0.39, 0.29) is 0 Å². The number of likely N-dealkylation sites (tertiary alicyclic amines) is 1. The Hall–Kier alpha value is -0.0800. The van der Waals surface area contributed by atoms with Crippen molar-refractivity contribution < 1.29 is 4.74 Å². The average Bonchev–Trinajstić information content (AvgIpc) is 2.60. The normalized spacial score (nSPS) is 23.6. The fourth-order valence-electron chi connectivity index (χ4n) is 1.96. The number of rotatable bonds is 6. The summed E-state index contributed by atoms with van der Waals surface area (Å²) in [6, 6.07) is 0. The van der Waals surface area contributed by atoms with Crippen LogP contribution in [0.5, 0.6) is 0 Å².